The van der Waals surface area contributed by atoms with Crippen molar-refractivity contribution in [3.05, 3.63) is 57.1 Å². The third kappa shape index (κ3) is 3.55. The Morgan fingerprint density at radius 1 is 1.14 bits per heavy atom. The largest absolute Gasteiger partial charge is 0.497 e. The van der Waals surface area contributed by atoms with Crippen LogP contribution >= 0.6 is 15.9 Å². The Labute approximate surface area is 134 Å². The van der Waals surface area contributed by atoms with E-state index in [1.807, 2.05) is 0 Å². The summed E-state index contributed by atoms with van der Waals surface area (Å²) in [5, 5.41) is 11.0. The summed E-state index contributed by atoms with van der Waals surface area (Å²) in [6.07, 6.45) is 0. The van der Waals surface area contributed by atoms with Crippen LogP contribution in [0.15, 0.2) is 51.8 Å². The molecule has 0 aliphatic carbocycles. The predicted molar refractivity (Wildman–Crippen MR) is 81.6 cm³/mol. The molecule has 0 unspecified atom stereocenters. The van der Waals surface area contributed by atoms with Crippen molar-refractivity contribution in [1.82, 2.24) is 0 Å². The molecule has 0 amide bonds. The zero-order valence-corrected chi connectivity index (χ0v) is 13.6. The molecule has 7 nitrogen and oxygen atoms in total. The molecular weight excluding hydrogens is 378 g/mol. The van der Waals surface area contributed by atoms with E-state index >= 15 is 0 Å². The number of nitrogens with zero attached hydrogens (tertiary/aromatic N) is 1. The fourth-order valence-corrected chi connectivity index (χ4v) is 3.09. The Hall–Kier alpha value is -2.13. The SMILES string of the molecule is COc1cccc(OS(=O)(=O)c2ccc(Br)cc2[N+](=O)[O-])c1. The van der Waals surface area contributed by atoms with E-state index in [1.54, 1.807) is 12.1 Å². The molecule has 0 atom stereocenters. The summed E-state index contributed by atoms with van der Waals surface area (Å²) in [7, 11) is -2.93. The zero-order chi connectivity index (χ0) is 16.3. The molecule has 0 N–H and O–H groups in total. The van der Waals surface area contributed by atoms with Gasteiger partial charge in [0.05, 0.1) is 12.0 Å². The summed E-state index contributed by atoms with van der Waals surface area (Å²) < 4.78 is 34.8. The number of hydrogen-bond acceptors (Lipinski definition) is 6. The van der Waals surface area contributed by atoms with Crippen molar-refractivity contribution in [2.24, 2.45) is 0 Å². The van der Waals surface area contributed by atoms with E-state index in [2.05, 4.69) is 15.9 Å². The van der Waals surface area contributed by atoms with Crippen LogP contribution < -0.4 is 8.92 Å². The highest BCUT2D eigenvalue weighted by atomic mass is 79.9. The monoisotopic (exact) mass is 387 g/mol. The number of hydrogen-bond donors (Lipinski definition) is 0. The number of ether oxygens (including phenoxy) is 1. The molecule has 0 heterocycles. The van der Waals surface area contributed by atoms with Crippen LogP contribution in [0.3, 0.4) is 0 Å². The molecule has 2 aromatic carbocycles. The van der Waals surface area contributed by atoms with E-state index in [0.717, 1.165) is 12.1 Å². The van der Waals surface area contributed by atoms with E-state index in [4.69, 9.17) is 8.92 Å². The van der Waals surface area contributed by atoms with Gasteiger partial charge in [0.1, 0.15) is 11.5 Å². The molecule has 0 radical (unpaired) electrons. The van der Waals surface area contributed by atoms with Crippen LogP contribution in [0.5, 0.6) is 11.5 Å². The highest BCUT2D eigenvalue weighted by Gasteiger charge is 2.28. The second-order valence-electron chi connectivity index (χ2n) is 4.09. The molecule has 0 saturated heterocycles. The molecule has 2 aromatic rings. The summed E-state index contributed by atoms with van der Waals surface area (Å²) >= 11 is 3.06. The molecule has 0 aliphatic rings. The Morgan fingerprint density at radius 2 is 1.82 bits per heavy atom. The van der Waals surface area contributed by atoms with E-state index in [9.17, 15) is 18.5 Å². The van der Waals surface area contributed by atoms with Gasteiger partial charge in [0.25, 0.3) is 5.69 Å². The van der Waals surface area contributed by atoms with Gasteiger partial charge in [-0.1, -0.05) is 22.0 Å². The van der Waals surface area contributed by atoms with Crippen LogP contribution in [0, 0.1) is 10.1 Å². The molecule has 0 spiro atoms. The lowest BCUT2D eigenvalue weighted by Gasteiger charge is -2.08. The molecule has 0 aliphatic heterocycles. The molecular formula is C13H10BrNO6S. The average Bonchev–Trinajstić information content (AvgIpc) is 2.46. The molecule has 9 heteroatoms. The fourth-order valence-electron chi connectivity index (χ4n) is 1.67. The van der Waals surface area contributed by atoms with E-state index in [1.165, 1.54) is 25.3 Å². The average molecular weight is 388 g/mol. The Kier molecular flexibility index (Phi) is 4.67. The van der Waals surface area contributed by atoms with Gasteiger partial charge in [-0.05, 0) is 24.3 Å². The fraction of sp³-hybridized carbons (Fsp3) is 0.0769. The first-order chi connectivity index (χ1) is 10.3. The maximum atomic E-state index is 12.3. The van der Waals surface area contributed by atoms with Crippen LogP contribution in [0.25, 0.3) is 0 Å². The number of rotatable bonds is 5. The third-order valence-electron chi connectivity index (χ3n) is 2.63. The standard InChI is InChI=1S/C13H10BrNO6S/c1-20-10-3-2-4-11(8-10)21-22(18,19)13-6-5-9(14)7-12(13)15(16)17/h2-8H,1H3. The lowest BCUT2D eigenvalue weighted by atomic mass is 10.3. The maximum Gasteiger partial charge on any atom is 0.346 e. The first-order valence-corrected chi connectivity index (χ1v) is 8.06. The maximum absolute atomic E-state index is 12.3. The van der Waals surface area contributed by atoms with Gasteiger partial charge in [-0.2, -0.15) is 8.42 Å². The van der Waals surface area contributed by atoms with Crippen LogP contribution in [0.1, 0.15) is 0 Å². The summed E-state index contributed by atoms with van der Waals surface area (Å²) in [5.74, 6) is 0.398. The minimum absolute atomic E-state index is 0.00318. The van der Waals surface area contributed by atoms with Crippen molar-refractivity contribution in [3.8, 4) is 11.5 Å². The van der Waals surface area contributed by atoms with Gasteiger partial charge in [0, 0.05) is 16.6 Å². The summed E-state index contributed by atoms with van der Waals surface area (Å²) in [5.41, 5.74) is -0.572. The molecule has 116 valence electrons. The van der Waals surface area contributed by atoms with Gasteiger partial charge < -0.3 is 8.92 Å². The molecule has 2 rings (SSSR count). The van der Waals surface area contributed by atoms with Crippen LogP contribution in [0.4, 0.5) is 5.69 Å². The number of benzene rings is 2. The smallest absolute Gasteiger partial charge is 0.346 e. The molecule has 0 aromatic heterocycles. The van der Waals surface area contributed by atoms with Crippen LogP contribution in [-0.2, 0) is 10.1 Å². The first-order valence-electron chi connectivity index (χ1n) is 5.86. The number of methoxy groups -OCH3 is 1. The zero-order valence-electron chi connectivity index (χ0n) is 11.2. The van der Waals surface area contributed by atoms with E-state index in [0.29, 0.717) is 10.2 Å². The van der Waals surface area contributed by atoms with Crippen LogP contribution in [-0.4, -0.2) is 20.5 Å². The number of nitro benzene ring substituents is 1. The predicted octanol–water partition coefficient (Wildman–Crippen LogP) is 3.13. The van der Waals surface area contributed by atoms with Crippen molar-refractivity contribution in [3.63, 3.8) is 0 Å². The van der Waals surface area contributed by atoms with Crippen molar-refractivity contribution in [2.75, 3.05) is 7.11 Å². The number of halogens is 1. The summed E-state index contributed by atoms with van der Waals surface area (Å²) in [6.45, 7) is 0. The van der Waals surface area contributed by atoms with Gasteiger partial charge in [-0.25, -0.2) is 0 Å². The van der Waals surface area contributed by atoms with E-state index < -0.39 is 25.6 Å². The van der Waals surface area contributed by atoms with Crippen molar-refractivity contribution >= 4 is 31.7 Å². The quantitative estimate of drug-likeness (QED) is 0.444. The lowest BCUT2D eigenvalue weighted by molar-refractivity contribution is -0.388. The van der Waals surface area contributed by atoms with Gasteiger partial charge in [0.2, 0.25) is 0 Å². The summed E-state index contributed by atoms with van der Waals surface area (Å²) in [4.78, 5) is 9.71. The van der Waals surface area contributed by atoms with Crippen molar-refractivity contribution in [2.45, 2.75) is 4.90 Å². The first kappa shape index (κ1) is 16.2. The minimum Gasteiger partial charge on any atom is -0.497 e. The highest BCUT2D eigenvalue weighted by molar-refractivity contribution is 9.10. The highest BCUT2D eigenvalue weighted by Crippen LogP contribution is 2.30. The van der Waals surface area contributed by atoms with Gasteiger partial charge in [-0.3, -0.25) is 10.1 Å². The second-order valence-corrected chi connectivity index (χ2v) is 6.52. The second kappa shape index (κ2) is 6.32. The normalized spacial score (nSPS) is 11.0. The van der Waals surface area contributed by atoms with Gasteiger partial charge in [0.15, 0.2) is 4.90 Å². The Balaban J connectivity index is 2.44. The minimum atomic E-state index is -4.35. The van der Waals surface area contributed by atoms with Gasteiger partial charge >= 0.3 is 10.1 Å². The Bertz CT molecular complexity index is 821. The third-order valence-corrected chi connectivity index (χ3v) is 4.42. The molecule has 0 saturated carbocycles. The van der Waals surface area contributed by atoms with Crippen molar-refractivity contribution < 1.29 is 22.3 Å². The summed E-state index contributed by atoms with van der Waals surface area (Å²) in [6, 6.07) is 9.52. The molecule has 0 fully saturated rings. The van der Waals surface area contributed by atoms with Crippen LogP contribution in [0.2, 0.25) is 0 Å². The van der Waals surface area contributed by atoms with Gasteiger partial charge in [-0.15, -0.1) is 0 Å². The molecule has 0 bridgehead atoms. The topological polar surface area (TPSA) is 95.7 Å². The lowest BCUT2D eigenvalue weighted by Crippen LogP contribution is -2.12. The molecule has 22 heavy (non-hydrogen) atoms. The van der Waals surface area contributed by atoms with E-state index in [-0.39, 0.29) is 5.75 Å². The van der Waals surface area contributed by atoms with Crippen molar-refractivity contribution in [1.29, 1.82) is 0 Å². The Morgan fingerprint density at radius 3 is 2.45 bits per heavy atom. The number of nitro groups is 1.